The molecule has 2 N–H and O–H groups in total. The van der Waals surface area contributed by atoms with E-state index in [0.717, 1.165) is 18.7 Å². The van der Waals surface area contributed by atoms with Gasteiger partial charge in [-0.1, -0.05) is 19.1 Å². The zero-order chi connectivity index (χ0) is 14.6. The van der Waals surface area contributed by atoms with Gasteiger partial charge in [-0.15, -0.1) is 0 Å². The zero-order valence-corrected chi connectivity index (χ0v) is 12.8. The highest BCUT2D eigenvalue weighted by Gasteiger charge is 2.34. The van der Waals surface area contributed by atoms with Gasteiger partial charge >= 0.3 is 0 Å². The van der Waals surface area contributed by atoms with Crippen molar-refractivity contribution in [3.05, 3.63) is 29.8 Å². The van der Waals surface area contributed by atoms with E-state index in [2.05, 4.69) is 10.0 Å². The van der Waals surface area contributed by atoms with Crippen LogP contribution < -0.4 is 10.0 Å². The SMILES string of the molecule is CCNCc1ccc(S(=O)(=O)NC2(C)CCOC2)cc1. The molecular weight excluding hydrogens is 276 g/mol. The zero-order valence-electron chi connectivity index (χ0n) is 12.0. The Kier molecular flexibility index (Phi) is 4.80. The maximum atomic E-state index is 12.3. The van der Waals surface area contributed by atoms with Crippen LogP contribution in [-0.2, 0) is 21.3 Å². The van der Waals surface area contributed by atoms with Crippen LogP contribution in [-0.4, -0.2) is 33.7 Å². The van der Waals surface area contributed by atoms with E-state index in [1.807, 2.05) is 26.0 Å². The topological polar surface area (TPSA) is 67.4 Å². The number of rotatable bonds is 6. The summed E-state index contributed by atoms with van der Waals surface area (Å²) in [4.78, 5) is 0.297. The third kappa shape index (κ3) is 3.79. The van der Waals surface area contributed by atoms with Gasteiger partial charge in [0.15, 0.2) is 0 Å². The third-order valence-corrected chi connectivity index (χ3v) is 5.07. The number of hydrogen-bond acceptors (Lipinski definition) is 4. The van der Waals surface area contributed by atoms with Crippen molar-refractivity contribution >= 4 is 10.0 Å². The fraction of sp³-hybridized carbons (Fsp3) is 0.571. The van der Waals surface area contributed by atoms with E-state index in [-0.39, 0.29) is 0 Å². The van der Waals surface area contributed by atoms with Crippen LogP contribution in [0.25, 0.3) is 0 Å². The Morgan fingerprint density at radius 3 is 2.55 bits per heavy atom. The van der Waals surface area contributed by atoms with Crippen LogP contribution in [0.1, 0.15) is 25.8 Å². The van der Waals surface area contributed by atoms with Crippen molar-refractivity contribution in [3.8, 4) is 0 Å². The average molecular weight is 298 g/mol. The van der Waals surface area contributed by atoms with Crippen LogP contribution in [0, 0.1) is 0 Å². The smallest absolute Gasteiger partial charge is 0.241 e. The van der Waals surface area contributed by atoms with Crippen molar-refractivity contribution in [1.29, 1.82) is 0 Å². The van der Waals surface area contributed by atoms with Gasteiger partial charge in [-0.2, -0.15) is 0 Å². The fourth-order valence-corrected chi connectivity index (χ4v) is 3.61. The highest BCUT2D eigenvalue weighted by atomic mass is 32.2. The molecule has 1 atom stereocenters. The summed E-state index contributed by atoms with van der Waals surface area (Å²) in [5, 5.41) is 3.21. The maximum absolute atomic E-state index is 12.3. The Morgan fingerprint density at radius 1 is 1.30 bits per heavy atom. The van der Waals surface area contributed by atoms with Crippen LogP contribution in [0.2, 0.25) is 0 Å². The van der Waals surface area contributed by atoms with Crippen LogP contribution in [0.5, 0.6) is 0 Å². The molecule has 1 aliphatic rings. The Morgan fingerprint density at radius 2 is 2.00 bits per heavy atom. The van der Waals surface area contributed by atoms with Crippen molar-refractivity contribution in [3.63, 3.8) is 0 Å². The molecular formula is C14H22N2O3S. The molecule has 0 aromatic heterocycles. The van der Waals surface area contributed by atoms with Gasteiger partial charge in [0.05, 0.1) is 17.0 Å². The van der Waals surface area contributed by atoms with Gasteiger partial charge in [-0.25, -0.2) is 13.1 Å². The molecule has 0 aliphatic carbocycles. The van der Waals surface area contributed by atoms with Crippen LogP contribution in [0.4, 0.5) is 0 Å². The van der Waals surface area contributed by atoms with Crippen molar-refractivity contribution in [2.24, 2.45) is 0 Å². The molecule has 1 fully saturated rings. The maximum Gasteiger partial charge on any atom is 0.241 e. The van der Waals surface area contributed by atoms with Gasteiger partial charge in [-0.05, 0) is 37.6 Å². The molecule has 5 nitrogen and oxygen atoms in total. The lowest BCUT2D eigenvalue weighted by molar-refractivity contribution is 0.178. The second-order valence-corrected chi connectivity index (χ2v) is 7.08. The summed E-state index contributed by atoms with van der Waals surface area (Å²) >= 11 is 0. The number of sulfonamides is 1. The lowest BCUT2D eigenvalue weighted by Crippen LogP contribution is -2.46. The summed E-state index contributed by atoms with van der Waals surface area (Å²) in [5.74, 6) is 0. The second-order valence-electron chi connectivity index (χ2n) is 5.39. The lowest BCUT2D eigenvalue weighted by atomic mass is 10.0. The molecule has 1 unspecified atom stereocenters. The van der Waals surface area contributed by atoms with Crippen molar-refractivity contribution in [2.45, 2.75) is 37.2 Å². The molecule has 1 aromatic rings. The normalized spacial score (nSPS) is 23.1. The molecule has 0 radical (unpaired) electrons. The molecule has 112 valence electrons. The van der Waals surface area contributed by atoms with Crippen LogP contribution in [0.15, 0.2) is 29.2 Å². The molecule has 0 bridgehead atoms. The summed E-state index contributed by atoms with van der Waals surface area (Å²) in [5.41, 5.74) is 0.572. The minimum absolute atomic E-state index is 0.297. The Labute approximate surface area is 120 Å². The molecule has 0 amide bonds. The van der Waals surface area contributed by atoms with Crippen molar-refractivity contribution in [2.75, 3.05) is 19.8 Å². The van der Waals surface area contributed by atoms with Gasteiger partial charge in [0.25, 0.3) is 0 Å². The molecule has 0 spiro atoms. The molecule has 6 heteroatoms. The molecule has 0 saturated carbocycles. The van der Waals surface area contributed by atoms with E-state index < -0.39 is 15.6 Å². The van der Waals surface area contributed by atoms with Gasteiger partial charge in [0, 0.05) is 13.2 Å². The van der Waals surface area contributed by atoms with Crippen LogP contribution in [0.3, 0.4) is 0 Å². The first-order valence-corrected chi connectivity index (χ1v) is 8.35. The quantitative estimate of drug-likeness (QED) is 0.829. The predicted molar refractivity (Wildman–Crippen MR) is 78.0 cm³/mol. The second kappa shape index (κ2) is 6.22. The monoisotopic (exact) mass is 298 g/mol. The van der Waals surface area contributed by atoms with Gasteiger partial charge in [0.2, 0.25) is 10.0 Å². The standard InChI is InChI=1S/C14H22N2O3S/c1-3-15-10-12-4-6-13(7-5-12)20(17,18)16-14(2)8-9-19-11-14/h4-7,15-16H,3,8-11H2,1-2H3. The summed E-state index contributed by atoms with van der Waals surface area (Å²) in [6, 6.07) is 6.97. The van der Waals surface area contributed by atoms with E-state index in [9.17, 15) is 8.42 Å². The largest absolute Gasteiger partial charge is 0.379 e. The Bertz CT molecular complexity index is 534. The summed E-state index contributed by atoms with van der Waals surface area (Å²) in [6.45, 7) is 6.56. The number of ether oxygens (including phenoxy) is 1. The van der Waals surface area contributed by atoms with Crippen molar-refractivity contribution < 1.29 is 13.2 Å². The first-order valence-electron chi connectivity index (χ1n) is 6.87. The number of nitrogens with one attached hydrogen (secondary N) is 2. The molecule has 20 heavy (non-hydrogen) atoms. The summed E-state index contributed by atoms with van der Waals surface area (Å²) < 4.78 is 32.7. The van der Waals surface area contributed by atoms with E-state index >= 15 is 0 Å². The fourth-order valence-electron chi connectivity index (χ4n) is 2.19. The number of hydrogen-bond donors (Lipinski definition) is 2. The van der Waals surface area contributed by atoms with Gasteiger partial charge in [-0.3, -0.25) is 0 Å². The predicted octanol–water partition coefficient (Wildman–Crippen LogP) is 1.25. The first-order chi connectivity index (χ1) is 9.45. The van der Waals surface area contributed by atoms with Gasteiger partial charge in [0.1, 0.15) is 0 Å². The van der Waals surface area contributed by atoms with E-state index in [1.54, 1.807) is 12.1 Å². The Balaban J connectivity index is 2.09. The van der Waals surface area contributed by atoms with E-state index in [1.165, 1.54) is 0 Å². The minimum atomic E-state index is -3.49. The molecule has 2 rings (SSSR count). The first kappa shape index (κ1) is 15.4. The summed E-state index contributed by atoms with van der Waals surface area (Å²) in [6.07, 6.45) is 0.699. The average Bonchev–Trinajstić information content (AvgIpc) is 2.82. The van der Waals surface area contributed by atoms with Gasteiger partial charge < -0.3 is 10.1 Å². The molecule has 1 heterocycles. The van der Waals surface area contributed by atoms with E-state index in [4.69, 9.17) is 4.74 Å². The highest BCUT2D eigenvalue weighted by Crippen LogP contribution is 2.21. The Hall–Kier alpha value is -0.950. The molecule has 1 aromatic carbocycles. The number of benzene rings is 1. The minimum Gasteiger partial charge on any atom is -0.379 e. The van der Waals surface area contributed by atoms with Crippen LogP contribution >= 0.6 is 0 Å². The lowest BCUT2D eigenvalue weighted by Gasteiger charge is -2.23. The molecule has 1 aliphatic heterocycles. The third-order valence-electron chi connectivity index (χ3n) is 3.41. The molecule has 1 saturated heterocycles. The summed E-state index contributed by atoms with van der Waals surface area (Å²) in [7, 11) is -3.49. The van der Waals surface area contributed by atoms with E-state index in [0.29, 0.717) is 24.5 Å². The van der Waals surface area contributed by atoms with Crippen molar-refractivity contribution in [1.82, 2.24) is 10.0 Å². The highest BCUT2D eigenvalue weighted by molar-refractivity contribution is 7.89.